The Labute approximate surface area is 115 Å². The minimum absolute atomic E-state index is 0.589. The van der Waals surface area contributed by atoms with Crippen molar-refractivity contribution in [3.8, 4) is 0 Å². The lowest BCUT2D eigenvalue weighted by Gasteiger charge is -2.06. The number of nitrogens with two attached hydrogens (primary N) is 1. The largest absolute Gasteiger partial charge is 0.326 e. The fourth-order valence-electron chi connectivity index (χ4n) is 1.92. The number of hydrogen-bond donors (Lipinski definition) is 1. The van der Waals surface area contributed by atoms with Crippen molar-refractivity contribution >= 4 is 33.2 Å². The first kappa shape index (κ1) is 11.8. The summed E-state index contributed by atoms with van der Waals surface area (Å²) in [6, 6.07) is 16.9. The van der Waals surface area contributed by atoms with Crippen molar-refractivity contribution in [2.24, 2.45) is 5.73 Å². The van der Waals surface area contributed by atoms with Crippen LogP contribution in [0, 0.1) is 0 Å². The van der Waals surface area contributed by atoms with Crippen molar-refractivity contribution in [2.45, 2.75) is 16.3 Å². The second kappa shape index (κ2) is 5.14. The normalized spacial score (nSPS) is 10.9. The Morgan fingerprint density at radius 2 is 1.72 bits per heavy atom. The average molecular weight is 271 g/mol. The lowest BCUT2D eigenvalue weighted by atomic mass is 10.2. The van der Waals surface area contributed by atoms with Gasteiger partial charge in [-0.3, -0.25) is 0 Å². The molecule has 0 radical (unpaired) electrons. The maximum absolute atomic E-state index is 5.78. The second-order valence-electron chi connectivity index (χ2n) is 4.01. The van der Waals surface area contributed by atoms with E-state index in [9.17, 15) is 0 Å². The molecule has 0 spiro atoms. The molecule has 2 aromatic carbocycles. The second-order valence-corrected chi connectivity index (χ2v) is 6.01. The topological polar surface area (TPSA) is 26.0 Å². The molecule has 3 heteroatoms. The molecular formula is C15H13NS2. The van der Waals surface area contributed by atoms with Crippen LogP contribution in [0.5, 0.6) is 0 Å². The van der Waals surface area contributed by atoms with Gasteiger partial charge in [0.1, 0.15) is 0 Å². The van der Waals surface area contributed by atoms with E-state index in [0.717, 1.165) is 0 Å². The zero-order valence-corrected chi connectivity index (χ0v) is 11.4. The first-order chi connectivity index (χ1) is 8.88. The van der Waals surface area contributed by atoms with Gasteiger partial charge in [-0.2, -0.15) is 0 Å². The summed E-state index contributed by atoms with van der Waals surface area (Å²) in [5.74, 6) is 0. The number of fused-ring (bicyclic) bond motifs is 1. The van der Waals surface area contributed by atoms with Crippen LogP contribution in [0.2, 0.25) is 0 Å². The Bertz CT molecular complexity index is 673. The van der Waals surface area contributed by atoms with E-state index in [2.05, 4.69) is 47.8 Å². The van der Waals surface area contributed by atoms with Crippen molar-refractivity contribution in [1.29, 1.82) is 0 Å². The van der Waals surface area contributed by atoms with E-state index in [1.807, 2.05) is 6.07 Å². The maximum atomic E-state index is 5.78. The highest BCUT2D eigenvalue weighted by Gasteiger charge is 2.07. The molecule has 0 aliphatic heterocycles. The lowest BCUT2D eigenvalue weighted by molar-refractivity contribution is 1.03. The predicted octanol–water partition coefficient (Wildman–Crippen LogP) is 4.51. The van der Waals surface area contributed by atoms with Crippen LogP contribution in [0.4, 0.5) is 0 Å². The number of hydrogen-bond acceptors (Lipinski definition) is 3. The van der Waals surface area contributed by atoms with Crippen LogP contribution in [0.15, 0.2) is 63.7 Å². The van der Waals surface area contributed by atoms with E-state index < -0.39 is 0 Å². The van der Waals surface area contributed by atoms with Gasteiger partial charge in [0, 0.05) is 31.8 Å². The molecule has 0 atom stereocenters. The molecule has 90 valence electrons. The van der Waals surface area contributed by atoms with Crippen LogP contribution in [0.25, 0.3) is 10.1 Å². The molecule has 0 fully saturated rings. The summed E-state index contributed by atoms with van der Waals surface area (Å²) in [5.41, 5.74) is 6.99. The van der Waals surface area contributed by atoms with Crippen molar-refractivity contribution in [3.63, 3.8) is 0 Å². The molecule has 1 aromatic heterocycles. The number of thiophene rings is 1. The van der Waals surface area contributed by atoms with Gasteiger partial charge in [0.2, 0.25) is 0 Å². The molecule has 1 nitrogen and oxygen atoms in total. The van der Waals surface area contributed by atoms with E-state index >= 15 is 0 Å². The lowest BCUT2D eigenvalue weighted by Crippen LogP contribution is -1.97. The molecule has 0 amide bonds. The fraction of sp³-hybridized carbons (Fsp3) is 0.0667. The first-order valence-electron chi connectivity index (χ1n) is 5.80. The van der Waals surface area contributed by atoms with Gasteiger partial charge in [0.05, 0.1) is 0 Å². The standard InChI is InChI=1S/C15H13NS2/c16-9-11-5-1-3-7-13(11)18-15-10-17-14-8-4-2-6-12(14)15/h1-8,10H,9,16H2. The maximum Gasteiger partial charge on any atom is 0.0354 e. The highest BCUT2D eigenvalue weighted by molar-refractivity contribution is 7.99. The Morgan fingerprint density at radius 3 is 2.61 bits per heavy atom. The summed E-state index contributed by atoms with van der Waals surface area (Å²) >= 11 is 3.60. The van der Waals surface area contributed by atoms with Crippen molar-refractivity contribution in [2.75, 3.05) is 0 Å². The third-order valence-corrected chi connectivity index (χ3v) is 5.15. The monoisotopic (exact) mass is 271 g/mol. The molecule has 0 unspecified atom stereocenters. The van der Waals surface area contributed by atoms with Crippen LogP contribution in [-0.4, -0.2) is 0 Å². The van der Waals surface area contributed by atoms with Crippen LogP contribution >= 0.6 is 23.1 Å². The third-order valence-electron chi connectivity index (χ3n) is 2.86. The summed E-state index contributed by atoms with van der Waals surface area (Å²) in [5, 5.41) is 3.56. The van der Waals surface area contributed by atoms with E-state index in [-0.39, 0.29) is 0 Å². The molecule has 0 saturated heterocycles. The van der Waals surface area contributed by atoms with E-state index in [4.69, 9.17) is 5.73 Å². The predicted molar refractivity (Wildman–Crippen MR) is 80.3 cm³/mol. The van der Waals surface area contributed by atoms with Crippen molar-refractivity contribution < 1.29 is 0 Å². The zero-order chi connectivity index (χ0) is 12.4. The van der Waals surface area contributed by atoms with Crippen LogP contribution in [-0.2, 0) is 6.54 Å². The van der Waals surface area contributed by atoms with Gasteiger partial charge in [0.25, 0.3) is 0 Å². The van der Waals surface area contributed by atoms with Crippen LogP contribution < -0.4 is 5.73 Å². The number of rotatable bonds is 3. The minimum Gasteiger partial charge on any atom is -0.326 e. The number of benzene rings is 2. The molecule has 0 bridgehead atoms. The zero-order valence-electron chi connectivity index (χ0n) is 9.80. The Kier molecular flexibility index (Phi) is 3.37. The SMILES string of the molecule is NCc1ccccc1Sc1csc2ccccc12. The Balaban J connectivity index is 2.01. The molecule has 3 aromatic rings. The molecule has 3 rings (SSSR count). The first-order valence-corrected chi connectivity index (χ1v) is 7.50. The molecule has 18 heavy (non-hydrogen) atoms. The van der Waals surface area contributed by atoms with E-state index in [0.29, 0.717) is 6.54 Å². The van der Waals surface area contributed by atoms with E-state index in [1.54, 1.807) is 23.1 Å². The van der Waals surface area contributed by atoms with Crippen LogP contribution in [0.3, 0.4) is 0 Å². The van der Waals surface area contributed by atoms with Gasteiger partial charge in [0.15, 0.2) is 0 Å². The van der Waals surface area contributed by atoms with Gasteiger partial charge in [-0.15, -0.1) is 11.3 Å². The molecule has 0 saturated carbocycles. The molecule has 2 N–H and O–H groups in total. The summed E-state index contributed by atoms with van der Waals surface area (Å²) in [6.07, 6.45) is 0. The Hall–Kier alpha value is -1.29. The highest BCUT2D eigenvalue weighted by atomic mass is 32.2. The summed E-state index contributed by atoms with van der Waals surface area (Å²) in [6.45, 7) is 0.589. The molecular weight excluding hydrogens is 258 g/mol. The fourth-order valence-corrected chi connectivity index (χ4v) is 4.10. The van der Waals surface area contributed by atoms with Gasteiger partial charge in [-0.25, -0.2) is 0 Å². The smallest absolute Gasteiger partial charge is 0.0354 e. The van der Waals surface area contributed by atoms with Gasteiger partial charge >= 0.3 is 0 Å². The third kappa shape index (κ3) is 2.17. The van der Waals surface area contributed by atoms with E-state index in [1.165, 1.54) is 25.4 Å². The summed E-state index contributed by atoms with van der Waals surface area (Å²) in [4.78, 5) is 2.57. The van der Waals surface area contributed by atoms with Crippen molar-refractivity contribution in [1.82, 2.24) is 0 Å². The highest BCUT2D eigenvalue weighted by Crippen LogP contribution is 2.38. The van der Waals surface area contributed by atoms with Gasteiger partial charge < -0.3 is 5.73 Å². The average Bonchev–Trinajstić information content (AvgIpc) is 2.83. The molecule has 1 heterocycles. The molecule has 0 aliphatic carbocycles. The van der Waals surface area contributed by atoms with Gasteiger partial charge in [-0.1, -0.05) is 48.2 Å². The quantitative estimate of drug-likeness (QED) is 0.758. The van der Waals surface area contributed by atoms with Gasteiger partial charge in [-0.05, 0) is 17.7 Å². The molecule has 0 aliphatic rings. The summed E-state index contributed by atoms with van der Waals surface area (Å²) in [7, 11) is 0. The minimum atomic E-state index is 0.589. The Morgan fingerprint density at radius 1 is 0.944 bits per heavy atom. The summed E-state index contributed by atoms with van der Waals surface area (Å²) < 4.78 is 1.34. The van der Waals surface area contributed by atoms with Crippen LogP contribution in [0.1, 0.15) is 5.56 Å². The van der Waals surface area contributed by atoms with Crippen molar-refractivity contribution in [3.05, 3.63) is 59.5 Å².